The maximum atomic E-state index is 10.9. The van der Waals surface area contributed by atoms with Gasteiger partial charge in [-0.25, -0.2) is 0 Å². The first-order chi connectivity index (χ1) is 4.56. The lowest BCUT2D eigenvalue weighted by Crippen LogP contribution is -2.33. The Hall–Kier alpha value is -0.530. The van der Waals surface area contributed by atoms with E-state index in [1.54, 1.807) is 0 Å². The van der Waals surface area contributed by atoms with Crippen molar-refractivity contribution in [3.8, 4) is 0 Å². The van der Waals surface area contributed by atoms with Gasteiger partial charge >= 0.3 is 0 Å². The molecule has 1 atom stereocenters. The highest BCUT2D eigenvalue weighted by Crippen LogP contribution is 2.26. The zero-order valence-corrected chi connectivity index (χ0v) is 7.11. The van der Waals surface area contributed by atoms with Gasteiger partial charge in [0.15, 0.2) is 0 Å². The Balaban J connectivity index is 4.08. The fraction of sp³-hybridized carbons (Fsp3) is 0.875. The van der Waals surface area contributed by atoms with Gasteiger partial charge in [-0.15, -0.1) is 0 Å². The molecule has 0 bridgehead atoms. The summed E-state index contributed by atoms with van der Waals surface area (Å²) < 4.78 is 0. The molecule has 0 aliphatic carbocycles. The summed E-state index contributed by atoms with van der Waals surface area (Å²) >= 11 is 0. The largest absolute Gasteiger partial charge is 0.369 e. The maximum Gasteiger partial charge on any atom is 0.223 e. The Bertz CT molecular complexity index is 122. The second-order valence-corrected chi connectivity index (χ2v) is 3.03. The minimum absolute atomic E-state index is 0.170. The molecule has 0 radical (unpaired) electrons. The van der Waals surface area contributed by atoms with Crippen LogP contribution in [-0.4, -0.2) is 5.91 Å². The van der Waals surface area contributed by atoms with Gasteiger partial charge in [0.05, 0.1) is 0 Å². The fourth-order valence-corrected chi connectivity index (χ4v) is 1.03. The molecule has 1 amide bonds. The normalized spacial score (nSPS) is 16.3. The molecule has 0 saturated heterocycles. The van der Waals surface area contributed by atoms with Gasteiger partial charge in [-0.3, -0.25) is 4.79 Å². The van der Waals surface area contributed by atoms with Crippen LogP contribution in [0.25, 0.3) is 0 Å². The first kappa shape index (κ1) is 9.47. The first-order valence-corrected chi connectivity index (χ1v) is 3.86. The standard InChI is InChI=1S/C8H17NO/c1-4-6-8(3,5-2)7(9)10/h4-6H2,1-3H3,(H2,9,10). The summed E-state index contributed by atoms with van der Waals surface area (Å²) in [7, 11) is 0. The summed E-state index contributed by atoms with van der Waals surface area (Å²) in [5.74, 6) is -0.170. The highest BCUT2D eigenvalue weighted by atomic mass is 16.1. The molecule has 0 fully saturated rings. The van der Waals surface area contributed by atoms with Crippen LogP contribution in [0.1, 0.15) is 40.0 Å². The van der Waals surface area contributed by atoms with Crippen LogP contribution >= 0.6 is 0 Å². The van der Waals surface area contributed by atoms with E-state index in [1.807, 2.05) is 13.8 Å². The Morgan fingerprint density at radius 1 is 1.50 bits per heavy atom. The molecule has 0 aliphatic heterocycles. The van der Waals surface area contributed by atoms with E-state index in [0.29, 0.717) is 0 Å². The molecule has 0 aromatic rings. The number of carbonyl (C=O) groups excluding carboxylic acids is 1. The summed E-state index contributed by atoms with van der Waals surface area (Å²) in [6.07, 6.45) is 2.77. The third kappa shape index (κ3) is 2.01. The van der Waals surface area contributed by atoms with E-state index in [9.17, 15) is 4.79 Å². The highest BCUT2D eigenvalue weighted by molar-refractivity contribution is 5.80. The molecule has 0 aromatic heterocycles. The van der Waals surface area contributed by atoms with Crippen molar-refractivity contribution in [2.75, 3.05) is 0 Å². The van der Waals surface area contributed by atoms with Crippen molar-refractivity contribution >= 4 is 5.91 Å². The smallest absolute Gasteiger partial charge is 0.223 e. The number of amides is 1. The molecule has 2 nitrogen and oxygen atoms in total. The molecule has 2 N–H and O–H groups in total. The molecule has 0 heterocycles. The average molecular weight is 143 g/mol. The van der Waals surface area contributed by atoms with Gasteiger partial charge in [0, 0.05) is 5.41 Å². The van der Waals surface area contributed by atoms with Crippen molar-refractivity contribution in [3.05, 3.63) is 0 Å². The number of rotatable bonds is 4. The quantitative estimate of drug-likeness (QED) is 0.639. The third-order valence-corrected chi connectivity index (χ3v) is 2.18. The highest BCUT2D eigenvalue weighted by Gasteiger charge is 2.27. The minimum Gasteiger partial charge on any atom is -0.369 e. The first-order valence-electron chi connectivity index (χ1n) is 3.86. The van der Waals surface area contributed by atoms with Crippen LogP contribution in [0.15, 0.2) is 0 Å². The van der Waals surface area contributed by atoms with Gasteiger partial charge in [-0.1, -0.05) is 27.2 Å². The molecule has 1 unspecified atom stereocenters. The number of carbonyl (C=O) groups is 1. The van der Waals surface area contributed by atoms with E-state index in [0.717, 1.165) is 19.3 Å². The molecule has 0 aromatic carbocycles. The zero-order valence-electron chi connectivity index (χ0n) is 7.11. The fourth-order valence-electron chi connectivity index (χ4n) is 1.03. The van der Waals surface area contributed by atoms with Gasteiger partial charge < -0.3 is 5.73 Å². The van der Waals surface area contributed by atoms with E-state index < -0.39 is 0 Å². The Labute approximate surface area is 62.8 Å². The lowest BCUT2D eigenvalue weighted by Gasteiger charge is -2.22. The van der Waals surface area contributed by atoms with Crippen LogP contribution in [-0.2, 0) is 4.79 Å². The van der Waals surface area contributed by atoms with Gasteiger partial charge in [-0.05, 0) is 12.8 Å². The van der Waals surface area contributed by atoms with Crippen LogP contribution in [0.2, 0.25) is 0 Å². The molecule has 60 valence electrons. The molecule has 2 heteroatoms. The van der Waals surface area contributed by atoms with Crippen LogP contribution < -0.4 is 5.73 Å². The molecule has 10 heavy (non-hydrogen) atoms. The summed E-state index contributed by atoms with van der Waals surface area (Å²) in [5.41, 5.74) is 4.96. The van der Waals surface area contributed by atoms with Crippen molar-refractivity contribution in [2.45, 2.75) is 40.0 Å². The van der Waals surface area contributed by atoms with Gasteiger partial charge in [0.2, 0.25) is 5.91 Å². The van der Waals surface area contributed by atoms with E-state index in [-0.39, 0.29) is 11.3 Å². The van der Waals surface area contributed by atoms with Crippen molar-refractivity contribution in [3.63, 3.8) is 0 Å². The number of primary amides is 1. The van der Waals surface area contributed by atoms with Crippen molar-refractivity contribution in [1.82, 2.24) is 0 Å². The average Bonchev–Trinajstić information content (AvgIpc) is 1.88. The second kappa shape index (κ2) is 3.59. The predicted molar refractivity (Wildman–Crippen MR) is 42.5 cm³/mol. The second-order valence-electron chi connectivity index (χ2n) is 3.03. The number of hydrogen-bond donors (Lipinski definition) is 1. The molecule has 0 saturated carbocycles. The summed E-state index contributed by atoms with van der Waals surface area (Å²) in [4.78, 5) is 10.9. The van der Waals surface area contributed by atoms with Crippen LogP contribution in [0, 0.1) is 5.41 Å². The summed E-state index contributed by atoms with van der Waals surface area (Å²) in [5, 5.41) is 0. The summed E-state index contributed by atoms with van der Waals surface area (Å²) in [6, 6.07) is 0. The third-order valence-electron chi connectivity index (χ3n) is 2.18. The molecular formula is C8H17NO. The zero-order chi connectivity index (χ0) is 8.20. The monoisotopic (exact) mass is 143 g/mol. The Kier molecular flexibility index (Phi) is 3.40. The number of hydrogen-bond acceptors (Lipinski definition) is 1. The number of nitrogens with two attached hydrogens (primary N) is 1. The van der Waals surface area contributed by atoms with E-state index in [1.165, 1.54) is 0 Å². The maximum absolute atomic E-state index is 10.9. The Morgan fingerprint density at radius 2 is 2.00 bits per heavy atom. The van der Waals surface area contributed by atoms with Gasteiger partial charge in [0.25, 0.3) is 0 Å². The Morgan fingerprint density at radius 3 is 2.10 bits per heavy atom. The van der Waals surface area contributed by atoms with Crippen LogP contribution in [0.4, 0.5) is 0 Å². The van der Waals surface area contributed by atoms with Crippen molar-refractivity contribution in [2.24, 2.45) is 11.1 Å². The van der Waals surface area contributed by atoms with E-state index in [4.69, 9.17) is 5.73 Å². The molecule has 0 spiro atoms. The van der Waals surface area contributed by atoms with Gasteiger partial charge in [-0.2, -0.15) is 0 Å². The van der Waals surface area contributed by atoms with Crippen molar-refractivity contribution in [1.29, 1.82) is 0 Å². The molecule has 0 aliphatic rings. The van der Waals surface area contributed by atoms with Crippen LogP contribution in [0.5, 0.6) is 0 Å². The molecule has 0 rings (SSSR count). The van der Waals surface area contributed by atoms with Gasteiger partial charge in [0.1, 0.15) is 0 Å². The summed E-state index contributed by atoms with van der Waals surface area (Å²) in [6.45, 7) is 6.00. The lowest BCUT2D eigenvalue weighted by molar-refractivity contribution is -0.127. The minimum atomic E-state index is -0.269. The van der Waals surface area contributed by atoms with E-state index in [2.05, 4.69) is 6.92 Å². The lowest BCUT2D eigenvalue weighted by atomic mass is 9.82. The van der Waals surface area contributed by atoms with E-state index >= 15 is 0 Å². The molecular weight excluding hydrogens is 126 g/mol. The predicted octanol–water partition coefficient (Wildman–Crippen LogP) is 1.69. The van der Waals surface area contributed by atoms with Crippen LogP contribution in [0.3, 0.4) is 0 Å². The topological polar surface area (TPSA) is 43.1 Å². The SMILES string of the molecule is CCCC(C)(CC)C(N)=O. The van der Waals surface area contributed by atoms with Crippen molar-refractivity contribution < 1.29 is 4.79 Å².